The molecular formula is C23H18BrClN2O4S. The molecular weight excluding hydrogens is 516 g/mol. The molecule has 9 heteroatoms. The number of rotatable bonds is 4. The van der Waals surface area contributed by atoms with Gasteiger partial charge in [0, 0.05) is 15.1 Å². The fourth-order valence-corrected chi connectivity index (χ4v) is 5.08. The third kappa shape index (κ3) is 4.18. The maximum Gasteiger partial charge on any atom is 0.338 e. The van der Waals surface area contributed by atoms with Crippen LogP contribution < -0.4 is 14.9 Å². The summed E-state index contributed by atoms with van der Waals surface area (Å²) in [5.74, 6) is -0.468. The van der Waals surface area contributed by atoms with Crippen LogP contribution in [0.15, 0.2) is 68.0 Å². The molecule has 1 aromatic heterocycles. The Morgan fingerprint density at radius 2 is 2.03 bits per heavy atom. The SMILES string of the molecule is CCOC(=O)C1=C(C)N=c2s/c(=C/c3cc(Br)ccc3O)c(=O)n2[C@@H]1c1ccc(Cl)cc1. The van der Waals surface area contributed by atoms with Crippen molar-refractivity contribution in [1.29, 1.82) is 0 Å². The van der Waals surface area contributed by atoms with E-state index >= 15 is 0 Å². The Labute approximate surface area is 200 Å². The van der Waals surface area contributed by atoms with Gasteiger partial charge in [-0.15, -0.1) is 0 Å². The van der Waals surface area contributed by atoms with Gasteiger partial charge in [0.05, 0.1) is 28.5 Å². The molecule has 2 heterocycles. The second-order valence-corrected chi connectivity index (χ2v) is 9.42. The lowest BCUT2D eigenvalue weighted by Gasteiger charge is -2.24. The number of thiazole rings is 1. The second kappa shape index (κ2) is 9.05. The van der Waals surface area contributed by atoms with E-state index in [1.165, 1.54) is 15.9 Å². The van der Waals surface area contributed by atoms with Gasteiger partial charge in [-0.2, -0.15) is 0 Å². The van der Waals surface area contributed by atoms with Gasteiger partial charge in [0.2, 0.25) is 0 Å². The van der Waals surface area contributed by atoms with Crippen molar-refractivity contribution in [3.63, 3.8) is 0 Å². The van der Waals surface area contributed by atoms with E-state index < -0.39 is 12.0 Å². The number of carbonyl (C=O) groups is 1. The zero-order valence-electron chi connectivity index (χ0n) is 17.1. The summed E-state index contributed by atoms with van der Waals surface area (Å²) in [6, 6.07) is 11.3. The molecule has 0 radical (unpaired) electrons. The number of benzene rings is 2. The lowest BCUT2D eigenvalue weighted by atomic mass is 9.96. The lowest BCUT2D eigenvalue weighted by Crippen LogP contribution is -2.39. The Morgan fingerprint density at radius 1 is 1.31 bits per heavy atom. The van der Waals surface area contributed by atoms with E-state index in [2.05, 4.69) is 20.9 Å². The highest BCUT2D eigenvalue weighted by atomic mass is 79.9. The number of halogens is 2. The van der Waals surface area contributed by atoms with Crippen molar-refractivity contribution in [1.82, 2.24) is 4.57 Å². The van der Waals surface area contributed by atoms with E-state index in [4.69, 9.17) is 16.3 Å². The largest absolute Gasteiger partial charge is 0.507 e. The van der Waals surface area contributed by atoms with Crippen molar-refractivity contribution in [3.8, 4) is 5.75 Å². The summed E-state index contributed by atoms with van der Waals surface area (Å²) in [6.45, 7) is 3.66. The highest BCUT2D eigenvalue weighted by Gasteiger charge is 2.33. The van der Waals surface area contributed by atoms with Crippen molar-refractivity contribution in [2.24, 2.45) is 4.99 Å². The summed E-state index contributed by atoms with van der Waals surface area (Å²) in [7, 11) is 0. The number of hydrogen-bond donors (Lipinski definition) is 1. The Bertz CT molecular complexity index is 1420. The van der Waals surface area contributed by atoms with Crippen LogP contribution >= 0.6 is 38.9 Å². The number of nitrogens with zero attached hydrogens (tertiary/aromatic N) is 2. The van der Waals surface area contributed by atoms with Crippen LogP contribution in [0.5, 0.6) is 5.75 Å². The first-order valence-electron chi connectivity index (χ1n) is 9.73. The van der Waals surface area contributed by atoms with Crippen LogP contribution in [0.25, 0.3) is 6.08 Å². The van der Waals surface area contributed by atoms with E-state index in [1.54, 1.807) is 62.4 Å². The fourth-order valence-electron chi connectivity index (χ4n) is 3.53. The molecule has 3 aromatic rings. The average molecular weight is 534 g/mol. The topological polar surface area (TPSA) is 80.9 Å². The number of carbonyl (C=O) groups excluding carboxylic acids is 1. The summed E-state index contributed by atoms with van der Waals surface area (Å²) in [5, 5.41) is 10.7. The molecule has 0 aliphatic carbocycles. The Kier molecular flexibility index (Phi) is 6.37. The molecule has 1 aliphatic rings. The number of hydrogen-bond acceptors (Lipinski definition) is 6. The highest BCUT2D eigenvalue weighted by Crippen LogP contribution is 2.31. The predicted octanol–water partition coefficient (Wildman–Crippen LogP) is 3.92. The van der Waals surface area contributed by atoms with Gasteiger partial charge in [-0.25, -0.2) is 9.79 Å². The zero-order chi connectivity index (χ0) is 23.0. The van der Waals surface area contributed by atoms with Crippen LogP contribution in [0.2, 0.25) is 5.02 Å². The molecule has 0 saturated carbocycles. The molecule has 6 nitrogen and oxygen atoms in total. The Hall–Kier alpha value is -2.68. The standard InChI is InChI=1S/C23H18BrClN2O4S/c1-3-31-22(30)19-12(2)26-23-27(20(19)13-4-7-16(25)8-5-13)21(29)18(32-23)11-14-10-15(24)6-9-17(14)28/h4-11,20,28H,3H2,1-2H3/b18-11+/t20-/m1/s1. The molecule has 164 valence electrons. The van der Waals surface area contributed by atoms with Crippen molar-refractivity contribution in [2.75, 3.05) is 6.61 Å². The Morgan fingerprint density at radius 3 is 2.72 bits per heavy atom. The van der Waals surface area contributed by atoms with Crippen molar-refractivity contribution in [3.05, 3.63) is 94.0 Å². The molecule has 1 atom stereocenters. The predicted molar refractivity (Wildman–Crippen MR) is 128 cm³/mol. The highest BCUT2D eigenvalue weighted by molar-refractivity contribution is 9.10. The van der Waals surface area contributed by atoms with E-state index in [-0.39, 0.29) is 17.9 Å². The number of phenolic OH excluding ortho intramolecular Hbond substituents is 1. The van der Waals surface area contributed by atoms with Crippen LogP contribution in [0.3, 0.4) is 0 Å². The first-order valence-corrected chi connectivity index (χ1v) is 11.7. The molecule has 0 bridgehead atoms. The third-order valence-corrected chi connectivity index (χ3v) is 6.71. The number of ether oxygens (including phenoxy) is 1. The van der Waals surface area contributed by atoms with Gasteiger partial charge in [-0.3, -0.25) is 9.36 Å². The van der Waals surface area contributed by atoms with Gasteiger partial charge in [0.25, 0.3) is 5.56 Å². The number of esters is 1. The molecule has 1 N–H and O–H groups in total. The van der Waals surface area contributed by atoms with Crippen LogP contribution in [0.4, 0.5) is 0 Å². The summed E-state index contributed by atoms with van der Waals surface area (Å²) in [5.41, 5.74) is 1.68. The smallest absolute Gasteiger partial charge is 0.338 e. The summed E-state index contributed by atoms with van der Waals surface area (Å²) >= 11 is 10.6. The van der Waals surface area contributed by atoms with E-state index in [0.717, 1.165) is 4.47 Å². The summed E-state index contributed by atoms with van der Waals surface area (Å²) in [4.78, 5) is 31.3. The summed E-state index contributed by atoms with van der Waals surface area (Å²) in [6.07, 6.45) is 1.62. The number of phenols is 1. The number of allylic oxidation sites excluding steroid dienone is 1. The molecule has 0 saturated heterocycles. The summed E-state index contributed by atoms with van der Waals surface area (Å²) < 4.78 is 7.92. The van der Waals surface area contributed by atoms with Crippen LogP contribution in [0, 0.1) is 0 Å². The fraction of sp³-hybridized carbons (Fsp3) is 0.174. The number of fused-ring (bicyclic) bond motifs is 1. The molecule has 32 heavy (non-hydrogen) atoms. The molecule has 1 aliphatic heterocycles. The zero-order valence-corrected chi connectivity index (χ0v) is 20.3. The monoisotopic (exact) mass is 532 g/mol. The quantitative estimate of drug-likeness (QED) is 0.516. The maximum absolute atomic E-state index is 13.5. The van der Waals surface area contributed by atoms with Gasteiger partial charge >= 0.3 is 5.97 Å². The normalized spacial score (nSPS) is 16.0. The number of aromatic nitrogens is 1. The van der Waals surface area contributed by atoms with Crippen molar-refractivity contribution < 1.29 is 14.6 Å². The minimum absolute atomic E-state index is 0.0525. The van der Waals surface area contributed by atoms with E-state index in [9.17, 15) is 14.7 Å². The van der Waals surface area contributed by atoms with Gasteiger partial charge < -0.3 is 9.84 Å². The molecule has 4 rings (SSSR count). The molecule has 0 spiro atoms. The van der Waals surface area contributed by atoms with Gasteiger partial charge in [0.15, 0.2) is 4.80 Å². The maximum atomic E-state index is 13.5. The minimum Gasteiger partial charge on any atom is -0.507 e. The van der Waals surface area contributed by atoms with Crippen LogP contribution in [0.1, 0.15) is 31.0 Å². The van der Waals surface area contributed by atoms with Crippen LogP contribution in [-0.2, 0) is 9.53 Å². The second-order valence-electron chi connectivity index (χ2n) is 7.06. The minimum atomic E-state index is -0.708. The first kappa shape index (κ1) is 22.5. The van der Waals surface area contributed by atoms with Crippen molar-refractivity contribution in [2.45, 2.75) is 19.9 Å². The van der Waals surface area contributed by atoms with E-state index in [0.29, 0.717) is 36.8 Å². The van der Waals surface area contributed by atoms with Crippen LogP contribution in [-0.4, -0.2) is 22.2 Å². The molecule has 0 fully saturated rings. The Balaban J connectivity index is 1.97. The molecule has 0 unspecified atom stereocenters. The first-order chi connectivity index (χ1) is 15.3. The average Bonchev–Trinajstić information content (AvgIpc) is 3.05. The number of aromatic hydroxyl groups is 1. The van der Waals surface area contributed by atoms with E-state index in [1.807, 2.05) is 0 Å². The molecule has 0 amide bonds. The van der Waals surface area contributed by atoms with Crippen molar-refractivity contribution >= 4 is 50.9 Å². The molecule has 2 aromatic carbocycles. The third-order valence-electron chi connectivity index (χ3n) is 4.98. The van der Waals surface area contributed by atoms with Gasteiger partial charge in [-0.05, 0) is 55.8 Å². The van der Waals surface area contributed by atoms with Gasteiger partial charge in [-0.1, -0.05) is 51.0 Å². The van der Waals surface area contributed by atoms with Gasteiger partial charge in [0.1, 0.15) is 5.75 Å². The lowest BCUT2D eigenvalue weighted by molar-refractivity contribution is -0.139.